The van der Waals surface area contributed by atoms with Crippen molar-refractivity contribution < 1.29 is 22.7 Å². The van der Waals surface area contributed by atoms with Crippen LogP contribution in [0.25, 0.3) is 28.1 Å². The first-order chi connectivity index (χ1) is 16.9. The predicted molar refractivity (Wildman–Crippen MR) is 127 cm³/mol. The molecule has 0 radical (unpaired) electrons. The normalized spacial score (nSPS) is 18.4. The monoisotopic (exact) mass is 502 g/mol. The third-order valence-electron chi connectivity index (χ3n) is 6.38. The molecule has 0 bridgehead atoms. The number of hydrogen-bond acceptors (Lipinski definition) is 6. The third-order valence-corrected chi connectivity index (χ3v) is 6.38. The molecule has 1 aliphatic heterocycles. The van der Waals surface area contributed by atoms with Crippen molar-refractivity contribution in [1.29, 1.82) is 0 Å². The van der Waals surface area contributed by atoms with E-state index >= 15 is 0 Å². The summed E-state index contributed by atoms with van der Waals surface area (Å²) < 4.78 is 58.4. The zero-order valence-electron chi connectivity index (χ0n) is 19.8. The van der Waals surface area contributed by atoms with Crippen LogP contribution in [0, 0.1) is 5.82 Å². The van der Waals surface area contributed by atoms with Crippen molar-refractivity contribution in [3.63, 3.8) is 0 Å². The lowest BCUT2D eigenvalue weighted by atomic mass is 9.97. The van der Waals surface area contributed by atoms with Gasteiger partial charge in [-0.05, 0) is 55.7 Å². The molecule has 3 N–H and O–H groups in total. The maximum absolute atomic E-state index is 14.5. The highest BCUT2D eigenvalue weighted by Gasteiger charge is 2.46. The van der Waals surface area contributed by atoms with E-state index in [0.29, 0.717) is 34.2 Å². The molecule has 0 unspecified atom stereocenters. The Morgan fingerprint density at radius 3 is 2.58 bits per heavy atom. The van der Waals surface area contributed by atoms with E-state index in [1.807, 2.05) is 0 Å². The Morgan fingerprint density at radius 2 is 1.92 bits per heavy atom. The van der Waals surface area contributed by atoms with Crippen LogP contribution in [0.15, 0.2) is 42.6 Å². The molecule has 0 saturated carbocycles. The van der Waals surface area contributed by atoms with Crippen molar-refractivity contribution in [2.24, 2.45) is 5.73 Å². The van der Waals surface area contributed by atoms with Crippen molar-refractivity contribution >= 4 is 16.6 Å². The predicted octanol–water partition coefficient (Wildman–Crippen LogP) is 4.03. The topological polar surface area (TPSA) is 92.6 Å². The van der Waals surface area contributed by atoms with Gasteiger partial charge in [-0.2, -0.15) is 13.2 Å². The molecule has 36 heavy (non-hydrogen) atoms. The Labute approximate surface area is 204 Å². The van der Waals surface area contributed by atoms with Gasteiger partial charge in [-0.25, -0.2) is 9.37 Å². The maximum Gasteiger partial charge on any atom is 0.408 e. The quantitative estimate of drug-likeness (QED) is 0.401. The first-order valence-electron chi connectivity index (χ1n) is 11.6. The Hall–Kier alpha value is -3.15. The van der Waals surface area contributed by atoms with Gasteiger partial charge in [0.25, 0.3) is 0 Å². The van der Waals surface area contributed by atoms with Gasteiger partial charge in [-0.15, -0.1) is 10.2 Å². The number of fused-ring (bicyclic) bond motifs is 2. The van der Waals surface area contributed by atoms with Gasteiger partial charge in [0.05, 0.1) is 11.1 Å². The van der Waals surface area contributed by atoms with Gasteiger partial charge < -0.3 is 10.8 Å². The molecule has 4 aromatic rings. The number of rotatable bonds is 5. The van der Waals surface area contributed by atoms with E-state index < -0.39 is 23.6 Å². The van der Waals surface area contributed by atoms with E-state index in [1.165, 1.54) is 33.7 Å². The zero-order valence-corrected chi connectivity index (χ0v) is 19.8. The molecule has 2 atom stereocenters. The van der Waals surface area contributed by atoms with Crippen LogP contribution in [0.2, 0.25) is 0 Å². The molecule has 1 aliphatic rings. The van der Waals surface area contributed by atoms with Crippen molar-refractivity contribution in [3.05, 3.63) is 59.5 Å². The van der Waals surface area contributed by atoms with Crippen LogP contribution in [0.5, 0.6) is 0 Å². The number of benzene rings is 1. The lowest BCUT2D eigenvalue weighted by Gasteiger charge is -2.30. The Morgan fingerprint density at radius 1 is 1.14 bits per heavy atom. The molecule has 7 nitrogen and oxygen atoms in total. The van der Waals surface area contributed by atoms with Gasteiger partial charge in [0.1, 0.15) is 17.6 Å². The van der Waals surface area contributed by atoms with E-state index in [4.69, 9.17) is 5.73 Å². The molecule has 190 valence electrons. The largest absolute Gasteiger partial charge is 0.408 e. The van der Waals surface area contributed by atoms with Crippen LogP contribution in [0.4, 0.5) is 17.6 Å². The van der Waals surface area contributed by atoms with Crippen molar-refractivity contribution in [2.45, 2.75) is 50.6 Å². The van der Waals surface area contributed by atoms with Gasteiger partial charge in [0.2, 0.25) is 0 Å². The van der Waals surface area contributed by atoms with E-state index in [9.17, 15) is 22.7 Å². The highest BCUT2D eigenvalue weighted by Crippen LogP contribution is 2.39. The van der Waals surface area contributed by atoms with Crippen molar-refractivity contribution in [2.75, 3.05) is 13.1 Å². The Balaban J connectivity index is 1.58. The van der Waals surface area contributed by atoms with Gasteiger partial charge >= 0.3 is 6.18 Å². The molecule has 1 saturated heterocycles. The van der Waals surface area contributed by atoms with Gasteiger partial charge in [-0.1, -0.05) is 12.1 Å². The van der Waals surface area contributed by atoms with Crippen LogP contribution >= 0.6 is 0 Å². The summed E-state index contributed by atoms with van der Waals surface area (Å²) >= 11 is 0. The standard InChI is InChI=1S/C25H26F4N6O/c1-24(2,36)11-16-10-20-14(9-18(16)26)3-5-19(31-20)23-33-32-21-6-4-15(12-35(21)23)22(25(27,28)29)34-8-7-17(30)13-34/h3-6,9-10,12,17,22,36H,7-8,11,13,30H2,1-2H3/t17-,22-/m0/s1. The van der Waals surface area contributed by atoms with Gasteiger partial charge in [0, 0.05) is 37.1 Å². The van der Waals surface area contributed by atoms with E-state index in [0.717, 1.165) is 0 Å². The van der Waals surface area contributed by atoms with Crippen LogP contribution in [0.1, 0.15) is 37.4 Å². The fourth-order valence-electron chi connectivity index (χ4n) is 4.81. The highest BCUT2D eigenvalue weighted by molar-refractivity contribution is 5.82. The molecule has 0 spiro atoms. The number of aromatic nitrogens is 4. The summed E-state index contributed by atoms with van der Waals surface area (Å²) in [5, 5.41) is 18.9. The van der Waals surface area contributed by atoms with Crippen LogP contribution < -0.4 is 5.73 Å². The molecule has 0 aliphatic carbocycles. The molecule has 1 aromatic carbocycles. The SMILES string of the molecule is CC(C)(O)Cc1cc2nc(-c3nnc4ccc([C@H](N5CC[C@H](N)C5)C(F)(F)F)cn34)ccc2cc1F. The number of halogens is 4. The zero-order chi connectivity index (χ0) is 25.8. The van der Waals surface area contributed by atoms with Crippen molar-refractivity contribution in [3.8, 4) is 11.5 Å². The highest BCUT2D eigenvalue weighted by atomic mass is 19.4. The summed E-state index contributed by atoms with van der Waals surface area (Å²) in [4.78, 5) is 5.94. The number of nitrogens with zero attached hydrogens (tertiary/aromatic N) is 5. The summed E-state index contributed by atoms with van der Waals surface area (Å²) in [5.41, 5.74) is 6.35. The molecule has 1 fully saturated rings. The molecule has 4 heterocycles. The second-order valence-corrected chi connectivity index (χ2v) is 10.0. The maximum atomic E-state index is 14.5. The Kier molecular flexibility index (Phi) is 5.97. The molecule has 3 aromatic heterocycles. The average molecular weight is 503 g/mol. The second kappa shape index (κ2) is 8.75. The molecule has 11 heteroatoms. The van der Waals surface area contributed by atoms with Crippen LogP contribution in [-0.2, 0) is 6.42 Å². The van der Waals surface area contributed by atoms with Crippen LogP contribution in [-0.4, -0.2) is 60.5 Å². The minimum absolute atomic E-state index is 0.0560. The Bertz CT molecular complexity index is 1430. The first-order valence-corrected chi connectivity index (χ1v) is 11.6. The summed E-state index contributed by atoms with van der Waals surface area (Å²) in [5.74, 6) is -0.183. The van der Waals surface area contributed by atoms with Crippen LogP contribution in [0.3, 0.4) is 0 Å². The smallest absolute Gasteiger partial charge is 0.390 e. The third kappa shape index (κ3) is 4.78. The lowest BCUT2D eigenvalue weighted by Crippen LogP contribution is -2.38. The minimum Gasteiger partial charge on any atom is -0.390 e. The van der Waals surface area contributed by atoms with E-state index in [-0.39, 0.29) is 36.9 Å². The number of nitrogens with two attached hydrogens (primary N) is 1. The molecule has 0 amide bonds. The van der Waals surface area contributed by atoms with E-state index in [1.54, 1.807) is 32.0 Å². The summed E-state index contributed by atoms with van der Waals surface area (Å²) in [6.07, 6.45) is -2.50. The fourth-order valence-corrected chi connectivity index (χ4v) is 4.81. The summed E-state index contributed by atoms with van der Waals surface area (Å²) in [6, 6.07) is 7.03. The number of likely N-dealkylation sites (tertiary alicyclic amines) is 1. The van der Waals surface area contributed by atoms with E-state index in [2.05, 4.69) is 15.2 Å². The number of alkyl halides is 3. The summed E-state index contributed by atoms with van der Waals surface area (Å²) in [7, 11) is 0. The first kappa shape index (κ1) is 24.5. The fraction of sp³-hybridized carbons (Fsp3) is 0.400. The molecular weight excluding hydrogens is 476 g/mol. The van der Waals surface area contributed by atoms with Gasteiger partial charge in [-0.3, -0.25) is 9.30 Å². The molecular formula is C25H26F4N6O. The number of aliphatic hydroxyl groups is 1. The summed E-state index contributed by atoms with van der Waals surface area (Å²) in [6.45, 7) is 3.59. The number of hydrogen-bond donors (Lipinski definition) is 2. The number of pyridine rings is 2. The van der Waals surface area contributed by atoms with Gasteiger partial charge in [0.15, 0.2) is 11.5 Å². The second-order valence-electron chi connectivity index (χ2n) is 10.0. The lowest BCUT2D eigenvalue weighted by molar-refractivity contribution is -0.183. The minimum atomic E-state index is -4.49. The average Bonchev–Trinajstić information content (AvgIpc) is 3.38. The van der Waals surface area contributed by atoms with Crippen molar-refractivity contribution in [1.82, 2.24) is 24.5 Å². The molecule has 5 rings (SSSR count).